The van der Waals surface area contributed by atoms with Crippen LogP contribution in [0.5, 0.6) is 0 Å². The molecule has 0 saturated heterocycles. The Hall–Kier alpha value is -1.52. The van der Waals surface area contributed by atoms with Crippen LogP contribution in [-0.2, 0) is 22.4 Å². The molecule has 0 aliphatic rings. The van der Waals surface area contributed by atoms with Crippen LogP contribution in [0.25, 0.3) is 5.69 Å². The minimum atomic E-state index is -0.240. The molecule has 6 heteroatoms. The van der Waals surface area contributed by atoms with E-state index in [2.05, 4.69) is 9.84 Å². The molecule has 0 bridgehead atoms. The third-order valence-electron chi connectivity index (χ3n) is 3.28. The summed E-state index contributed by atoms with van der Waals surface area (Å²) in [5, 5.41) is 5.36. The zero-order valence-electron chi connectivity index (χ0n) is 11.9. The van der Waals surface area contributed by atoms with Gasteiger partial charge in [-0.3, -0.25) is 4.79 Å². The van der Waals surface area contributed by atoms with Crippen molar-refractivity contribution >= 4 is 29.2 Å². The van der Waals surface area contributed by atoms with Crippen LogP contribution in [0.15, 0.2) is 24.5 Å². The monoisotopic (exact) mass is 326 g/mol. The maximum atomic E-state index is 11.3. The Morgan fingerprint density at radius 1 is 1.38 bits per heavy atom. The van der Waals surface area contributed by atoms with Crippen LogP contribution in [0, 0.1) is 0 Å². The molecule has 0 radical (unpaired) electrons. The fourth-order valence-corrected chi connectivity index (χ4v) is 2.64. The first-order valence-corrected chi connectivity index (χ1v) is 7.39. The first kappa shape index (κ1) is 15.9. The van der Waals surface area contributed by atoms with Crippen LogP contribution >= 0.6 is 23.2 Å². The number of hydrogen-bond acceptors (Lipinski definition) is 3. The quantitative estimate of drug-likeness (QED) is 0.784. The Kier molecular flexibility index (Phi) is 5.26. The summed E-state index contributed by atoms with van der Waals surface area (Å²) in [5.41, 5.74) is 2.92. The summed E-state index contributed by atoms with van der Waals surface area (Å²) in [6, 6.07) is 3.85. The van der Waals surface area contributed by atoms with Crippen molar-refractivity contribution in [3.05, 3.63) is 45.7 Å². The summed E-state index contributed by atoms with van der Waals surface area (Å²) in [5.74, 6) is -0.240. The number of aromatic nitrogens is 2. The first-order valence-electron chi connectivity index (χ1n) is 6.63. The summed E-state index contributed by atoms with van der Waals surface area (Å²) in [4.78, 5) is 11.3. The van der Waals surface area contributed by atoms with E-state index in [1.54, 1.807) is 17.1 Å². The van der Waals surface area contributed by atoms with Crippen molar-refractivity contribution in [1.29, 1.82) is 0 Å². The van der Waals surface area contributed by atoms with Gasteiger partial charge in [0.2, 0.25) is 0 Å². The van der Waals surface area contributed by atoms with E-state index in [-0.39, 0.29) is 5.97 Å². The molecule has 0 spiro atoms. The van der Waals surface area contributed by atoms with Gasteiger partial charge in [0.05, 0.1) is 24.0 Å². The molecule has 4 nitrogen and oxygen atoms in total. The lowest BCUT2D eigenvalue weighted by atomic mass is 10.00. The molecule has 0 N–H and O–H groups in total. The minimum absolute atomic E-state index is 0.240. The van der Waals surface area contributed by atoms with Gasteiger partial charge in [-0.1, -0.05) is 30.1 Å². The summed E-state index contributed by atoms with van der Waals surface area (Å²) >= 11 is 12.3. The van der Waals surface area contributed by atoms with Crippen molar-refractivity contribution in [2.24, 2.45) is 0 Å². The number of halogens is 2. The molecule has 0 amide bonds. The normalized spacial score (nSPS) is 10.7. The van der Waals surface area contributed by atoms with Gasteiger partial charge in [0.25, 0.3) is 0 Å². The molecule has 2 rings (SSSR count). The maximum Gasteiger partial charge on any atom is 0.305 e. The SMILES string of the molecule is CCc1cc(-n2cc(Cl)cn2)cc(Cl)c1CCC(=O)OC. The lowest BCUT2D eigenvalue weighted by Crippen LogP contribution is -2.05. The van der Waals surface area contributed by atoms with E-state index < -0.39 is 0 Å². The van der Waals surface area contributed by atoms with E-state index in [4.69, 9.17) is 23.2 Å². The summed E-state index contributed by atoms with van der Waals surface area (Å²) in [6.07, 6.45) is 5.00. The average Bonchev–Trinajstić information content (AvgIpc) is 2.91. The largest absolute Gasteiger partial charge is 0.469 e. The third-order valence-corrected chi connectivity index (χ3v) is 3.81. The van der Waals surface area contributed by atoms with Crippen molar-refractivity contribution in [3.8, 4) is 5.69 Å². The molecule has 1 aromatic carbocycles. The first-order chi connectivity index (χ1) is 10.0. The van der Waals surface area contributed by atoms with E-state index in [1.165, 1.54) is 7.11 Å². The Morgan fingerprint density at radius 3 is 2.71 bits per heavy atom. The number of nitrogens with zero attached hydrogens (tertiary/aromatic N) is 2. The minimum Gasteiger partial charge on any atom is -0.469 e. The smallest absolute Gasteiger partial charge is 0.305 e. The molecular formula is C15H16Cl2N2O2. The molecule has 0 aliphatic carbocycles. The van der Waals surface area contributed by atoms with Crippen molar-refractivity contribution < 1.29 is 9.53 Å². The lowest BCUT2D eigenvalue weighted by Gasteiger charge is -2.13. The van der Waals surface area contributed by atoms with Gasteiger partial charge in [-0.2, -0.15) is 5.10 Å². The van der Waals surface area contributed by atoms with Gasteiger partial charge in [0, 0.05) is 17.6 Å². The molecule has 0 aliphatic heterocycles. The average molecular weight is 327 g/mol. The lowest BCUT2D eigenvalue weighted by molar-refractivity contribution is -0.140. The Bertz CT molecular complexity index is 653. The molecule has 0 atom stereocenters. The second kappa shape index (κ2) is 6.96. The van der Waals surface area contributed by atoms with Crippen LogP contribution in [0.1, 0.15) is 24.5 Å². The summed E-state index contributed by atoms with van der Waals surface area (Å²) in [7, 11) is 1.38. The molecule has 2 aromatic rings. The third kappa shape index (κ3) is 3.77. The Labute approximate surface area is 133 Å². The van der Waals surface area contributed by atoms with Gasteiger partial charge in [0.15, 0.2) is 0 Å². The number of rotatable bonds is 5. The fraction of sp³-hybridized carbons (Fsp3) is 0.333. The predicted molar refractivity (Wildman–Crippen MR) is 83.3 cm³/mol. The number of carbonyl (C=O) groups excluding carboxylic acids is 1. The van der Waals surface area contributed by atoms with Gasteiger partial charge >= 0.3 is 5.97 Å². The number of ether oxygens (including phenoxy) is 1. The highest BCUT2D eigenvalue weighted by Crippen LogP contribution is 2.27. The molecule has 21 heavy (non-hydrogen) atoms. The van der Waals surface area contributed by atoms with Crippen LogP contribution in [0.2, 0.25) is 10.0 Å². The molecule has 0 fully saturated rings. The highest BCUT2D eigenvalue weighted by Gasteiger charge is 2.12. The molecule has 1 aromatic heterocycles. The molecule has 112 valence electrons. The van der Waals surface area contributed by atoms with Gasteiger partial charge in [0.1, 0.15) is 0 Å². The second-order valence-electron chi connectivity index (χ2n) is 4.60. The molecule has 0 unspecified atom stereocenters. The van der Waals surface area contributed by atoms with Gasteiger partial charge in [-0.15, -0.1) is 0 Å². The highest BCUT2D eigenvalue weighted by molar-refractivity contribution is 6.31. The number of carbonyl (C=O) groups is 1. The molecule has 0 saturated carbocycles. The van der Waals surface area contributed by atoms with Crippen molar-refractivity contribution in [3.63, 3.8) is 0 Å². The zero-order valence-corrected chi connectivity index (χ0v) is 13.4. The summed E-state index contributed by atoms with van der Waals surface area (Å²) in [6.45, 7) is 2.05. The number of aryl methyl sites for hydroxylation is 1. The van der Waals surface area contributed by atoms with E-state index in [9.17, 15) is 4.79 Å². The number of benzene rings is 1. The van der Waals surface area contributed by atoms with E-state index >= 15 is 0 Å². The number of methoxy groups -OCH3 is 1. The topological polar surface area (TPSA) is 44.1 Å². The van der Waals surface area contributed by atoms with E-state index in [0.29, 0.717) is 22.9 Å². The van der Waals surface area contributed by atoms with Gasteiger partial charge in [-0.25, -0.2) is 4.68 Å². The van der Waals surface area contributed by atoms with Crippen LogP contribution < -0.4 is 0 Å². The van der Waals surface area contributed by atoms with Crippen molar-refractivity contribution in [2.45, 2.75) is 26.2 Å². The Balaban J connectivity index is 2.33. The van der Waals surface area contributed by atoms with Crippen LogP contribution in [-0.4, -0.2) is 22.9 Å². The van der Waals surface area contributed by atoms with Gasteiger partial charge < -0.3 is 4.74 Å². The number of esters is 1. The summed E-state index contributed by atoms with van der Waals surface area (Å²) < 4.78 is 6.35. The zero-order chi connectivity index (χ0) is 15.4. The fourth-order valence-electron chi connectivity index (χ4n) is 2.18. The van der Waals surface area contributed by atoms with Crippen LogP contribution in [0.3, 0.4) is 0 Å². The highest BCUT2D eigenvalue weighted by atomic mass is 35.5. The van der Waals surface area contributed by atoms with Crippen LogP contribution in [0.4, 0.5) is 0 Å². The van der Waals surface area contributed by atoms with E-state index in [0.717, 1.165) is 23.2 Å². The standard InChI is InChI=1S/C15H16Cl2N2O2/c1-3-10-6-12(19-9-11(16)8-18-19)7-14(17)13(10)4-5-15(20)21-2/h6-9H,3-5H2,1-2H3. The number of hydrogen-bond donors (Lipinski definition) is 0. The predicted octanol–water partition coefficient (Wildman–Crippen LogP) is 3.85. The van der Waals surface area contributed by atoms with Crippen molar-refractivity contribution in [2.75, 3.05) is 7.11 Å². The second-order valence-corrected chi connectivity index (χ2v) is 5.44. The molecular weight excluding hydrogens is 311 g/mol. The van der Waals surface area contributed by atoms with Gasteiger partial charge in [-0.05, 0) is 36.1 Å². The van der Waals surface area contributed by atoms with E-state index in [1.807, 2.05) is 19.1 Å². The Morgan fingerprint density at radius 2 is 2.14 bits per heavy atom. The maximum absolute atomic E-state index is 11.3. The molecule has 1 heterocycles. The van der Waals surface area contributed by atoms with Crippen molar-refractivity contribution in [1.82, 2.24) is 9.78 Å².